The molecule has 2 aliphatic heterocycles. The predicted octanol–water partition coefficient (Wildman–Crippen LogP) is 3.57. The zero-order chi connectivity index (χ0) is 20.3. The molecule has 158 valence electrons. The molecule has 1 unspecified atom stereocenters. The number of hydrogen-bond donors (Lipinski definition) is 2. The maximum atomic E-state index is 13.2. The molecule has 1 spiro atoms. The van der Waals surface area contributed by atoms with Crippen LogP contribution in [0.5, 0.6) is 0 Å². The molecule has 2 saturated heterocycles. The number of hydrogen-bond acceptors (Lipinski definition) is 3. The fourth-order valence-corrected chi connectivity index (χ4v) is 5.21. The van der Waals surface area contributed by atoms with E-state index < -0.39 is 0 Å². The summed E-state index contributed by atoms with van der Waals surface area (Å²) < 4.78 is 5.58. The number of urea groups is 1. The predicted molar refractivity (Wildman–Crippen MR) is 113 cm³/mol. The van der Waals surface area contributed by atoms with E-state index in [1.54, 1.807) is 0 Å². The van der Waals surface area contributed by atoms with Crippen LogP contribution >= 0.6 is 0 Å². The number of anilines is 1. The molecule has 0 aromatic heterocycles. The van der Waals surface area contributed by atoms with Crippen LogP contribution in [0, 0.1) is 11.3 Å². The Bertz CT molecular complexity index is 739. The third-order valence-electron chi connectivity index (χ3n) is 7.03. The van der Waals surface area contributed by atoms with Gasteiger partial charge in [-0.05, 0) is 49.8 Å². The second-order valence-corrected chi connectivity index (χ2v) is 8.88. The first-order valence-corrected chi connectivity index (χ1v) is 11.1. The summed E-state index contributed by atoms with van der Waals surface area (Å²) in [6, 6.07) is 8.16. The number of nitrogens with one attached hydrogen (secondary N) is 2. The second kappa shape index (κ2) is 8.74. The van der Waals surface area contributed by atoms with Gasteiger partial charge in [0.15, 0.2) is 0 Å². The van der Waals surface area contributed by atoms with Gasteiger partial charge >= 0.3 is 6.03 Å². The smallest absolute Gasteiger partial charge is 0.321 e. The minimum Gasteiger partial charge on any atom is -0.381 e. The zero-order valence-corrected chi connectivity index (χ0v) is 17.4. The Balaban J connectivity index is 1.46. The Hall–Kier alpha value is -2.08. The number of benzene rings is 1. The maximum Gasteiger partial charge on any atom is 0.321 e. The molecule has 0 radical (unpaired) electrons. The second-order valence-electron chi connectivity index (χ2n) is 8.88. The van der Waals surface area contributed by atoms with Gasteiger partial charge in [-0.1, -0.05) is 31.9 Å². The van der Waals surface area contributed by atoms with Crippen molar-refractivity contribution >= 4 is 17.6 Å². The SMILES string of the molecule is CCc1cccc(NC(=O)N2CC(C(=O)NC3CCCC3)C3(CCOCC3)C2)c1. The van der Waals surface area contributed by atoms with Crippen LogP contribution in [0.25, 0.3) is 0 Å². The molecule has 1 atom stereocenters. The average molecular weight is 400 g/mol. The lowest BCUT2D eigenvalue weighted by molar-refractivity contribution is -0.130. The summed E-state index contributed by atoms with van der Waals surface area (Å²) in [5.74, 6) is -0.0261. The highest BCUT2D eigenvalue weighted by atomic mass is 16.5. The van der Waals surface area contributed by atoms with Crippen LogP contribution in [0.1, 0.15) is 51.0 Å². The molecule has 2 heterocycles. The number of amides is 3. The van der Waals surface area contributed by atoms with Crippen molar-refractivity contribution in [3.05, 3.63) is 29.8 Å². The standard InChI is InChI=1S/C23H33N3O3/c1-2-17-6-5-9-19(14-17)25-22(28)26-15-20(21(27)24-18-7-3-4-8-18)23(16-26)10-12-29-13-11-23/h5-6,9,14,18,20H,2-4,7-8,10-13,15-16H2,1H3,(H,24,27)(H,25,28). The minimum atomic E-state index is -0.163. The Morgan fingerprint density at radius 2 is 1.97 bits per heavy atom. The van der Waals surface area contributed by atoms with Gasteiger partial charge in [0.1, 0.15) is 0 Å². The van der Waals surface area contributed by atoms with Gasteiger partial charge in [0.2, 0.25) is 5.91 Å². The van der Waals surface area contributed by atoms with E-state index in [1.165, 1.54) is 18.4 Å². The van der Waals surface area contributed by atoms with Gasteiger partial charge in [-0.25, -0.2) is 4.79 Å². The first-order chi connectivity index (χ1) is 14.1. The van der Waals surface area contributed by atoms with E-state index in [0.717, 1.165) is 37.8 Å². The molecule has 1 aliphatic carbocycles. The number of aryl methyl sites for hydroxylation is 1. The molecule has 2 N–H and O–H groups in total. The molecule has 3 fully saturated rings. The zero-order valence-electron chi connectivity index (χ0n) is 17.4. The third-order valence-corrected chi connectivity index (χ3v) is 7.03. The molecular weight excluding hydrogens is 366 g/mol. The largest absolute Gasteiger partial charge is 0.381 e. The average Bonchev–Trinajstić information content (AvgIpc) is 3.37. The molecule has 29 heavy (non-hydrogen) atoms. The molecule has 6 heteroatoms. The molecule has 1 aromatic carbocycles. The lowest BCUT2D eigenvalue weighted by atomic mass is 9.71. The van der Waals surface area contributed by atoms with E-state index in [9.17, 15) is 9.59 Å². The molecule has 3 amide bonds. The van der Waals surface area contributed by atoms with Gasteiger partial charge in [-0.3, -0.25) is 4.79 Å². The van der Waals surface area contributed by atoms with Crippen LogP contribution in [-0.2, 0) is 16.0 Å². The monoisotopic (exact) mass is 399 g/mol. The highest BCUT2D eigenvalue weighted by Crippen LogP contribution is 2.44. The van der Waals surface area contributed by atoms with Gasteiger partial charge in [0.25, 0.3) is 0 Å². The lowest BCUT2D eigenvalue weighted by Crippen LogP contribution is -2.46. The highest BCUT2D eigenvalue weighted by molar-refractivity contribution is 5.91. The van der Waals surface area contributed by atoms with Crippen molar-refractivity contribution in [1.29, 1.82) is 0 Å². The van der Waals surface area contributed by atoms with Crippen molar-refractivity contribution in [3.63, 3.8) is 0 Å². The van der Waals surface area contributed by atoms with E-state index in [0.29, 0.717) is 32.3 Å². The minimum absolute atomic E-state index is 0.111. The van der Waals surface area contributed by atoms with Crippen molar-refractivity contribution in [2.75, 3.05) is 31.6 Å². The van der Waals surface area contributed by atoms with Crippen molar-refractivity contribution in [2.24, 2.45) is 11.3 Å². The number of rotatable bonds is 4. The normalized spacial score (nSPS) is 24.0. The number of likely N-dealkylation sites (tertiary alicyclic amines) is 1. The first-order valence-electron chi connectivity index (χ1n) is 11.1. The van der Waals surface area contributed by atoms with E-state index in [4.69, 9.17) is 4.74 Å². The van der Waals surface area contributed by atoms with E-state index in [-0.39, 0.29) is 23.3 Å². The van der Waals surface area contributed by atoms with Gasteiger partial charge in [-0.15, -0.1) is 0 Å². The molecule has 6 nitrogen and oxygen atoms in total. The highest BCUT2D eigenvalue weighted by Gasteiger charge is 2.52. The van der Waals surface area contributed by atoms with Gasteiger partial charge < -0.3 is 20.3 Å². The van der Waals surface area contributed by atoms with E-state index in [1.807, 2.05) is 23.1 Å². The maximum absolute atomic E-state index is 13.2. The summed E-state index contributed by atoms with van der Waals surface area (Å²) in [6.45, 7) is 4.54. The third kappa shape index (κ3) is 4.42. The van der Waals surface area contributed by atoms with Crippen LogP contribution in [0.3, 0.4) is 0 Å². The Morgan fingerprint density at radius 3 is 2.69 bits per heavy atom. The van der Waals surface area contributed by atoms with Crippen LogP contribution in [-0.4, -0.2) is 49.2 Å². The molecule has 1 saturated carbocycles. The van der Waals surface area contributed by atoms with Crippen LogP contribution in [0.15, 0.2) is 24.3 Å². The molecular formula is C23H33N3O3. The summed E-state index contributed by atoms with van der Waals surface area (Å²) in [7, 11) is 0. The molecule has 0 bridgehead atoms. The Kier molecular flexibility index (Phi) is 6.09. The topological polar surface area (TPSA) is 70.7 Å². The summed E-state index contributed by atoms with van der Waals surface area (Å²) in [5, 5.41) is 6.32. The first kappa shape index (κ1) is 20.2. The van der Waals surface area contributed by atoms with Crippen molar-refractivity contribution < 1.29 is 14.3 Å². The molecule has 3 aliphatic rings. The number of ether oxygens (including phenoxy) is 1. The number of carbonyl (C=O) groups excluding carboxylic acids is 2. The number of carbonyl (C=O) groups is 2. The quantitative estimate of drug-likeness (QED) is 0.813. The van der Waals surface area contributed by atoms with Gasteiger partial charge in [0.05, 0.1) is 5.92 Å². The Morgan fingerprint density at radius 1 is 1.21 bits per heavy atom. The van der Waals surface area contributed by atoms with Crippen LogP contribution in [0.4, 0.5) is 10.5 Å². The fraction of sp³-hybridized carbons (Fsp3) is 0.652. The van der Waals surface area contributed by atoms with Crippen molar-refractivity contribution in [3.8, 4) is 0 Å². The molecule has 4 rings (SSSR count). The molecule has 1 aromatic rings. The van der Waals surface area contributed by atoms with Crippen molar-refractivity contribution in [1.82, 2.24) is 10.2 Å². The van der Waals surface area contributed by atoms with Crippen molar-refractivity contribution in [2.45, 2.75) is 57.9 Å². The van der Waals surface area contributed by atoms with Gasteiger partial charge in [0, 0.05) is 43.4 Å². The van der Waals surface area contributed by atoms with Crippen LogP contribution in [0.2, 0.25) is 0 Å². The summed E-state index contributed by atoms with van der Waals surface area (Å²) in [4.78, 5) is 28.0. The summed E-state index contributed by atoms with van der Waals surface area (Å²) in [5.41, 5.74) is 1.84. The summed E-state index contributed by atoms with van der Waals surface area (Å²) >= 11 is 0. The van der Waals surface area contributed by atoms with Gasteiger partial charge in [-0.2, -0.15) is 0 Å². The Labute approximate surface area is 173 Å². The number of nitrogens with zero attached hydrogens (tertiary/aromatic N) is 1. The van der Waals surface area contributed by atoms with E-state index >= 15 is 0 Å². The van der Waals surface area contributed by atoms with Crippen LogP contribution < -0.4 is 10.6 Å². The fourth-order valence-electron chi connectivity index (χ4n) is 5.21. The summed E-state index contributed by atoms with van der Waals surface area (Å²) in [6.07, 6.45) is 7.15. The lowest BCUT2D eigenvalue weighted by Gasteiger charge is -2.37. The van der Waals surface area contributed by atoms with E-state index in [2.05, 4.69) is 23.6 Å².